The molecular formula is C53H75N15O9. The molecule has 2 aromatic heterocycles. The third-order valence-electron chi connectivity index (χ3n) is 13.7. The molecule has 24 heteroatoms. The van der Waals surface area contributed by atoms with Gasteiger partial charge in [0.25, 0.3) is 0 Å². The van der Waals surface area contributed by atoms with Gasteiger partial charge in [0.05, 0.1) is 12.7 Å². The molecule has 13 N–H and O–H groups in total. The summed E-state index contributed by atoms with van der Waals surface area (Å²) >= 11 is 0. The zero-order chi connectivity index (χ0) is 56.2. The number of imidazole rings is 1. The van der Waals surface area contributed by atoms with Gasteiger partial charge in [0.1, 0.15) is 42.3 Å². The van der Waals surface area contributed by atoms with Crippen LogP contribution in [-0.4, -0.2) is 165 Å². The van der Waals surface area contributed by atoms with Gasteiger partial charge in [-0.15, -0.1) is 0 Å². The highest BCUT2D eigenvalue weighted by atomic mass is 16.2. The molecule has 416 valence electrons. The molecule has 0 radical (unpaired) electrons. The Bertz CT molecular complexity index is 2690. The van der Waals surface area contributed by atoms with E-state index < -0.39 is 102 Å². The van der Waals surface area contributed by atoms with E-state index in [2.05, 4.69) is 46.5 Å². The number of aliphatic imine (C=N–C) groups is 1. The molecular weight excluding hydrogens is 991 g/mol. The van der Waals surface area contributed by atoms with Crippen molar-refractivity contribution in [3.63, 3.8) is 0 Å². The lowest BCUT2D eigenvalue weighted by molar-refractivity contribution is -0.149. The summed E-state index contributed by atoms with van der Waals surface area (Å²) in [6.45, 7) is 3.28. The van der Waals surface area contributed by atoms with Gasteiger partial charge >= 0.3 is 0 Å². The average molecular weight is 1070 g/mol. The number of aromatic amines is 2. The Morgan fingerprint density at radius 2 is 1.47 bits per heavy atom. The third-order valence-corrected chi connectivity index (χ3v) is 13.7. The van der Waals surface area contributed by atoms with Gasteiger partial charge in [-0.2, -0.15) is 0 Å². The van der Waals surface area contributed by atoms with Gasteiger partial charge < -0.3 is 68.5 Å². The second-order valence-electron chi connectivity index (χ2n) is 19.4. The predicted octanol–water partition coefficient (Wildman–Crippen LogP) is -0.222. The monoisotopic (exact) mass is 1070 g/mol. The molecule has 1 saturated heterocycles. The maximum absolute atomic E-state index is 15.3. The number of aromatic nitrogens is 3. The number of nitrogens with one attached hydrogen (secondary N) is 7. The summed E-state index contributed by atoms with van der Waals surface area (Å²) in [5.74, 6) is -6.63. The van der Waals surface area contributed by atoms with E-state index in [-0.39, 0.29) is 76.8 Å². The number of rotatable bonds is 17. The fourth-order valence-corrected chi connectivity index (χ4v) is 9.36. The van der Waals surface area contributed by atoms with Crippen LogP contribution in [0.4, 0.5) is 0 Å². The quantitative estimate of drug-likeness (QED) is 0.0373. The van der Waals surface area contributed by atoms with Crippen molar-refractivity contribution in [2.24, 2.45) is 22.2 Å². The van der Waals surface area contributed by atoms with Gasteiger partial charge in [-0.1, -0.05) is 68.3 Å². The number of nitrogens with two attached hydrogens (primary N) is 3. The van der Waals surface area contributed by atoms with Crippen molar-refractivity contribution in [1.29, 1.82) is 0 Å². The first-order chi connectivity index (χ1) is 36.8. The van der Waals surface area contributed by atoms with E-state index in [1.54, 1.807) is 36.5 Å². The Balaban J connectivity index is 1.62. The van der Waals surface area contributed by atoms with Crippen molar-refractivity contribution in [3.8, 4) is 0 Å². The molecule has 1 aliphatic heterocycles. The standard InChI is InChI=1S/C53H75N15O9/c1-6-7-19-38(62-32(2)69)47(72)63-39-28-45(70)58-23-14-13-21-42(46(54)71)66(3)50(75)40(26-34-29-60-37-20-12-11-18-36(34)37)65-49(74)43(22-15-24-59-53(55)56)67(4)52(77)44(25-33-16-9-8-10-17-33)68(5)51(76)41(64-48(39)73)27-35-30-57-31-61-35/h8-12,16-18,20,29-31,38-44,60H,6-7,13-15,19,21-28H2,1-5H3,(H2,54,71)(H,57,61)(H,58,70)(H,62,69)(H,63,72)(H,64,73)(H,65,74)(H4,55,56,59)/t38-,39-,40-,41-,42-,43-,44+/m0/s1. The van der Waals surface area contributed by atoms with Gasteiger partial charge in [-0.3, -0.25) is 48.1 Å². The maximum atomic E-state index is 15.3. The number of primary amides is 1. The number of carbonyl (C=O) groups is 9. The van der Waals surface area contributed by atoms with Crippen LogP contribution < -0.4 is 43.8 Å². The molecule has 0 aliphatic carbocycles. The van der Waals surface area contributed by atoms with Crippen molar-refractivity contribution in [1.82, 2.24) is 56.2 Å². The summed E-state index contributed by atoms with van der Waals surface area (Å²) < 4.78 is 0. The highest BCUT2D eigenvalue weighted by Gasteiger charge is 2.40. The smallest absolute Gasteiger partial charge is 0.246 e. The molecule has 0 bridgehead atoms. The molecule has 24 nitrogen and oxygen atoms in total. The topological polar surface area (TPSA) is 358 Å². The fraction of sp³-hybridized carbons (Fsp3) is 0.491. The van der Waals surface area contributed by atoms with Gasteiger partial charge in [-0.05, 0) is 55.7 Å². The van der Waals surface area contributed by atoms with Crippen LogP contribution in [0.25, 0.3) is 10.9 Å². The second kappa shape index (κ2) is 29.1. The number of nitrogens with zero attached hydrogens (tertiary/aromatic N) is 5. The highest BCUT2D eigenvalue weighted by molar-refractivity contribution is 5.99. The number of guanidine groups is 1. The lowest BCUT2D eigenvalue weighted by Crippen LogP contribution is -2.61. The van der Waals surface area contributed by atoms with Gasteiger partial charge in [0.2, 0.25) is 53.2 Å². The van der Waals surface area contributed by atoms with Crippen LogP contribution in [-0.2, 0) is 62.4 Å². The zero-order valence-corrected chi connectivity index (χ0v) is 44.5. The van der Waals surface area contributed by atoms with Crippen LogP contribution in [0, 0.1) is 0 Å². The maximum Gasteiger partial charge on any atom is 0.246 e. The molecule has 4 aromatic rings. The normalized spacial score (nSPS) is 21.4. The number of hydrogen-bond donors (Lipinski definition) is 10. The van der Waals surface area contributed by atoms with E-state index in [4.69, 9.17) is 17.2 Å². The van der Waals surface area contributed by atoms with E-state index >= 15 is 14.4 Å². The van der Waals surface area contributed by atoms with Crippen LogP contribution in [0.1, 0.15) is 88.5 Å². The average Bonchev–Trinajstić information content (AvgIpc) is 4.09. The molecule has 2 aromatic carbocycles. The van der Waals surface area contributed by atoms with Crippen molar-refractivity contribution in [2.75, 3.05) is 34.2 Å². The lowest BCUT2D eigenvalue weighted by atomic mass is 9.99. The van der Waals surface area contributed by atoms with Crippen LogP contribution in [0.2, 0.25) is 0 Å². The number of carbonyl (C=O) groups excluding carboxylic acids is 9. The fourth-order valence-electron chi connectivity index (χ4n) is 9.36. The van der Waals surface area contributed by atoms with Crippen molar-refractivity contribution >= 4 is 70.0 Å². The molecule has 0 spiro atoms. The summed E-state index contributed by atoms with van der Waals surface area (Å²) in [5, 5.41) is 14.4. The summed E-state index contributed by atoms with van der Waals surface area (Å²) in [4.78, 5) is 146. The van der Waals surface area contributed by atoms with Crippen LogP contribution in [0.15, 0.2) is 78.3 Å². The first-order valence-corrected chi connectivity index (χ1v) is 25.9. The van der Waals surface area contributed by atoms with E-state index in [1.807, 2.05) is 31.2 Å². The SMILES string of the molecule is CCCC[C@H](NC(C)=O)C(=O)N[C@H]1CC(=O)NCCCC[C@@H](C(N)=O)N(C)C(=O)[C@H](Cc2c[nH]c3ccccc23)NC(=O)[C@H](CCCN=C(N)N)N(C)C(=O)[C@@H](Cc2ccccc2)N(C)C(=O)[C@H](Cc2cnc[nH]2)NC1=O. The number of hydrogen-bond acceptors (Lipinski definition) is 11. The number of H-pyrrole nitrogens is 2. The molecule has 0 unspecified atom stereocenters. The second-order valence-corrected chi connectivity index (χ2v) is 19.4. The summed E-state index contributed by atoms with van der Waals surface area (Å²) in [6, 6.07) is 7.08. The first-order valence-electron chi connectivity index (χ1n) is 25.9. The van der Waals surface area contributed by atoms with E-state index in [0.29, 0.717) is 29.7 Å². The Morgan fingerprint density at radius 3 is 2.14 bits per heavy atom. The van der Waals surface area contributed by atoms with Crippen LogP contribution in [0.5, 0.6) is 0 Å². The highest BCUT2D eigenvalue weighted by Crippen LogP contribution is 2.22. The van der Waals surface area contributed by atoms with Crippen LogP contribution in [0.3, 0.4) is 0 Å². The van der Waals surface area contributed by atoms with Gasteiger partial charge in [0.15, 0.2) is 5.96 Å². The first kappa shape index (κ1) is 59.6. The van der Waals surface area contributed by atoms with Crippen LogP contribution >= 0.6 is 0 Å². The predicted molar refractivity (Wildman–Crippen MR) is 288 cm³/mol. The molecule has 3 heterocycles. The lowest BCUT2D eigenvalue weighted by Gasteiger charge is -2.37. The minimum Gasteiger partial charge on any atom is -0.370 e. The summed E-state index contributed by atoms with van der Waals surface area (Å²) in [5.41, 5.74) is 19.8. The van der Waals surface area contributed by atoms with Crippen molar-refractivity contribution in [2.45, 2.75) is 133 Å². The number of likely N-dealkylation sites (N-methyl/N-ethyl adjacent to an activating group) is 3. The number of amides is 9. The molecule has 5 rings (SSSR count). The molecule has 7 atom stereocenters. The molecule has 9 amide bonds. The molecule has 1 fully saturated rings. The number of benzene rings is 2. The van der Waals surface area contributed by atoms with E-state index in [0.717, 1.165) is 10.9 Å². The Labute approximate surface area is 447 Å². The number of fused-ring (bicyclic) bond motifs is 1. The number of para-hydroxylation sites is 1. The largest absolute Gasteiger partial charge is 0.370 e. The zero-order valence-electron chi connectivity index (χ0n) is 44.5. The van der Waals surface area contributed by atoms with E-state index in [1.165, 1.54) is 55.3 Å². The molecule has 1 aliphatic rings. The molecule has 0 saturated carbocycles. The van der Waals surface area contributed by atoms with Crippen molar-refractivity contribution in [3.05, 3.63) is 90.1 Å². The minimum absolute atomic E-state index is 0.0199. The number of unbranched alkanes of at least 4 members (excludes halogenated alkanes) is 1. The van der Waals surface area contributed by atoms with Gasteiger partial charge in [-0.25, -0.2) is 4.98 Å². The summed E-state index contributed by atoms with van der Waals surface area (Å²) in [6.07, 6.45) is 5.96. The Kier molecular flexibility index (Phi) is 22.5. The minimum atomic E-state index is -1.58. The van der Waals surface area contributed by atoms with Gasteiger partial charge in [0, 0.05) is 89.4 Å². The van der Waals surface area contributed by atoms with Crippen molar-refractivity contribution < 1.29 is 43.2 Å². The van der Waals surface area contributed by atoms with E-state index in [9.17, 15) is 28.8 Å². The summed E-state index contributed by atoms with van der Waals surface area (Å²) in [7, 11) is 4.21. The molecule has 77 heavy (non-hydrogen) atoms. The Hall–Kier alpha value is -8.31. The third kappa shape index (κ3) is 17.4. The Morgan fingerprint density at radius 1 is 0.792 bits per heavy atom.